The molecule has 0 spiro atoms. The molecule has 0 saturated heterocycles. The molecule has 1 unspecified atom stereocenters. The highest BCUT2D eigenvalue weighted by molar-refractivity contribution is 6.32. The van der Waals surface area contributed by atoms with Gasteiger partial charge in [-0.3, -0.25) is 9.59 Å². The number of allylic oxidation sites excluding steroid dienone is 1. The van der Waals surface area contributed by atoms with E-state index in [1.165, 1.54) is 6.08 Å². The molecule has 7 nitrogen and oxygen atoms in total. The Morgan fingerprint density at radius 2 is 1.71 bits per heavy atom. The van der Waals surface area contributed by atoms with E-state index in [1.54, 1.807) is 48.0 Å². The molecule has 4 aromatic rings. The van der Waals surface area contributed by atoms with Crippen molar-refractivity contribution >= 4 is 46.6 Å². The maximum absolute atomic E-state index is 14.2. The van der Waals surface area contributed by atoms with Gasteiger partial charge in [-0.15, -0.1) is 0 Å². The number of hydrogen-bond donors (Lipinski definition) is 2. The van der Waals surface area contributed by atoms with Crippen LogP contribution in [0, 0.1) is 11.6 Å². The Labute approximate surface area is 245 Å². The number of fused-ring (bicyclic) bond motifs is 1. The van der Waals surface area contributed by atoms with Crippen molar-refractivity contribution in [2.45, 2.75) is 39.0 Å². The molecule has 0 aliphatic heterocycles. The zero-order chi connectivity index (χ0) is 30.2. The van der Waals surface area contributed by atoms with Gasteiger partial charge in [-0.2, -0.15) is 0 Å². The lowest BCUT2D eigenvalue weighted by molar-refractivity contribution is -0.138. The topological polar surface area (TPSA) is 98.0 Å². The fourth-order valence-corrected chi connectivity index (χ4v) is 4.67. The second-order valence-electron chi connectivity index (χ2n) is 9.37. The molecule has 1 aromatic heterocycles. The van der Waals surface area contributed by atoms with E-state index in [0.717, 1.165) is 39.7 Å². The summed E-state index contributed by atoms with van der Waals surface area (Å²) in [5, 5.41) is 18.8. The molecule has 1 heterocycles. The number of benzene rings is 3. The van der Waals surface area contributed by atoms with Gasteiger partial charge < -0.3 is 24.3 Å². The molecule has 2 N–H and O–H groups in total. The molecule has 0 saturated carbocycles. The van der Waals surface area contributed by atoms with Crippen LogP contribution in [0.3, 0.4) is 0 Å². The van der Waals surface area contributed by atoms with E-state index in [9.17, 15) is 23.5 Å². The summed E-state index contributed by atoms with van der Waals surface area (Å²) in [7, 11) is 0. The van der Waals surface area contributed by atoms with Gasteiger partial charge in [-0.1, -0.05) is 60.2 Å². The highest BCUT2D eigenvalue weighted by Gasteiger charge is 2.18. The Bertz CT molecular complexity index is 1650. The van der Waals surface area contributed by atoms with Gasteiger partial charge in [0.05, 0.1) is 5.52 Å². The van der Waals surface area contributed by atoms with E-state index in [1.807, 2.05) is 30.4 Å². The fourth-order valence-electron chi connectivity index (χ4n) is 4.47. The van der Waals surface area contributed by atoms with Crippen LogP contribution in [0.4, 0.5) is 8.78 Å². The summed E-state index contributed by atoms with van der Waals surface area (Å²) in [5.41, 5.74) is 3.26. The van der Waals surface area contributed by atoms with Crippen LogP contribution in [0.2, 0.25) is 5.02 Å². The van der Waals surface area contributed by atoms with E-state index in [-0.39, 0.29) is 13.0 Å². The van der Waals surface area contributed by atoms with Crippen molar-refractivity contribution in [3.05, 3.63) is 106 Å². The van der Waals surface area contributed by atoms with Crippen LogP contribution >= 0.6 is 11.6 Å². The predicted octanol–water partition coefficient (Wildman–Crippen LogP) is 7.60. The van der Waals surface area contributed by atoms with Crippen molar-refractivity contribution in [1.29, 1.82) is 0 Å². The highest BCUT2D eigenvalue weighted by Crippen LogP contribution is 2.32. The summed E-state index contributed by atoms with van der Waals surface area (Å²) in [5.74, 6) is -3.54. The average Bonchev–Trinajstić information content (AvgIpc) is 3.29. The van der Waals surface area contributed by atoms with Gasteiger partial charge in [0.25, 0.3) is 6.29 Å². The van der Waals surface area contributed by atoms with E-state index < -0.39 is 40.6 Å². The van der Waals surface area contributed by atoms with Gasteiger partial charge >= 0.3 is 11.9 Å². The molecule has 218 valence electrons. The fraction of sp³-hybridized carbons (Fsp3) is 0.188. The van der Waals surface area contributed by atoms with Gasteiger partial charge in [0.1, 0.15) is 23.1 Å². The molecule has 0 amide bonds. The quantitative estimate of drug-likeness (QED) is 0.0715. The monoisotopic (exact) mass is 595 g/mol. The molecule has 3 aromatic carbocycles. The van der Waals surface area contributed by atoms with Crippen LogP contribution in [0.1, 0.15) is 36.5 Å². The van der Waals surface area contributed by atoms with Crippen molar-refractivity contribution in [3.63, 3.8) is 0 Å². The number of aliphatic carboxylic acids is 2. The smallest absolute Gasteiger partial charge is 0.323 e. The number of carboxylic acid groups (broad SMARTS) is 2. The molecule has 4 rings (SSSR count). The number of rotatable bonds is 13. The zero-order valence-electron chi connectivity index (χ0n) is 22.6. The third kappa shape index (κ3) is 7.55. The molecule has 1 atom stereocenters. The van der Waals surface area contributed by atoms with Crippen LogP contribution in [-0.2, 0) is 22.6 Å². The summed E-state index contributed by atoms with van der Waals surface area (Å²) in [6.07, 6.45) is 8.59. The second kappa shape index (κ2) is 13.8. The molecule has 0 fully saturated rings. The van der Waals surface area contributed by atoms with Crippen molar-refractivity contribution in [3.8, 4) is 11.5 Å². The summed E-state index contributed by atoms with van der Waals surface area (Å²) in [6.45, 7) is 1.50. The van der Waals surface area contributed by atoms with E-state index in [2.05, 4.69) is 0 Å². The summed E-state index contributed by atoms with van der Waals surface area (Å²) in [4.78, 5) is 22.5. The summed E-state index contributed by atoms with van der Waals surface area (Å²) < 4.78 is 41.0. The van der Waals surface area contributed by atoms with E-state index in [0.29, 0.717) is 18.6 Å². The van der Waals surface area contributed by atoms with Gasteiger partial charge in [0.2, 0.25) is 0 Å². The Morgan fingerprint density at radius 3 is 2.40 bits per heavy atom. The second-order valence-corrected chi connectivity index (χ2v) is 9.75. The minimum Gasteiger partial charge on any atom is -0.481 e. The Hall–Kier alpha value is -4.63. The van der Waals surface area contributed by atoms with Gasteiger partial charge in [-0.05, 0) is 66.8 Å². The Balaban J connectivity index is 1.54. The third-order valence-electron chi connectivity index (χ3n) is 6.33. The highest BCUT2D eigenvalue weighted by atomic mass is 35.5. The first-order valence-electron chi connectivity index (χ1n) is 13.1. The van der Waals surface area contributed by atoms with Crippen molar-refractivity contribution < 1.29 is 38.1 Å². The van der Waals surface area contributed by atoms with E-state index in [4.69, 9.17) is 26.2 Å². The van der Waals surface area contributed by atoms with Crippen LogP contribution in [0.25, 0.3) is 23.1 Å². The van der Waals surface area contributed by atoms with Crippen molar-refractivity contribution in [2.75, 3.05) is 0 Å². The average molecular weight is 596 g/mol. The molecule has 0 bridgehead atoms. The molecule has 0 aliphatic rings. The predicted molar refractivity (Wildman–Crippen MR) is 157 cm³/mol. The maximum atomic E-state index is 14.2. The molecule has 42 heavy (non-hydrogen) atoms. The van der Waals surface area contributed by atoms with Crippen LogP contribution in [0.15, 0.2) is 72.9 Å². The summed E-state index contributed by atoms with van der Waals surface area (Å²) in [6, 6.07) is 14.5. The lowest BCUT2D eigenvalue weighted by atomic mass is 10.0. The van der Waals surface area contributed by atoms with E-state index >= 15 is 0 Å². The normalized spacial score (nSPS) is 12.3. The number of para-hydroxylation sites is 1. The maximum Gasteiger partial charge on any atom is 0.323 e. The third-order valence-corrected chi connectivity index (χ3v) is 6.68. The molecule has 0 aliphatic carbocycles. The zero-order valence-corrected chi connectivity index (χ0v) is 23.4. The molecule has 0 radical (unpaired) electrons. The number of carboxylic acids is 2. The van der Waals surface area contributed by atoms with Gasteiger partial charge in [0, 0.05) is 18.0 Å². The lowest BCUT2D eigenvalue weighted by Crippen LogP contribution is -2.22. The first-order valence-corrected chi connectivity index (χ1v) is 13.5. The minimum atomic E-state index is -1.07. The van der Waals surface area contributed by atoms with Crippen molar-refractivity contribution in [2.24, 2.45) is 0 Å². The molecular formula is C32H28ClF2NO6. The van der Waals surface area contributed by atoms with Crippen LogP contribution in [0.5, 0.6) is 11.5 Å². The van der Waals surface area contributed by atoms with Crippen molar-refractivity contribution in [1.82, 2.24) is 4.57 Å². The van der Waals surface area contributed by atoms with Crippen LogP contribution < -0.4 is 9.47 Å². The standard InChI is InChI=1S/C32H28ClF2NO6/c1-2-5-29(42-32-26(35)17-16-25(34)30(32)33)41-23-14-11-20(12-15-23)10-13-21-6-3-8-24-22(7-4-9-27(37)38)18-36(31(21)24)19-28(39)40/h2-3,5-6,8,10-18,29H,4,7,9,19H2,1H3,(H,37,38)(H,39,40). The Kier molecular flexibility index (Phi) is 9.98. The lowest BCUT2D eigenvalue weighted by Gasteiger charge is -2.19. The summed E-state index contributed by atoms with van der Waals surface area (Å²) >= 11 is 5.88. The number of halogens is 3. The SMILES string of the molecule is CC=CC(Oc1ccc(C=Cc2cccc3c(CCCC(=O)O)cn(CC(=O)O)c23)cc1)Oc1c(F)ccc(F)c1Cl. The largest absolute Gasteiger partial charge is 0.481 e. The van der Waals surface area contributed by atoms with Gasteiger partial charge in [-0.25, -0.2) is 8.78 Å². The first-order chi connectivity index (χ1) is 20.2. The van der Waals surface area contributed by atoms with Crippen LogP contribution in [-0.4, -0.2) is 33.0 Å². The number of aromatic nitrogens is 1. The Morgan fingerprint density at radius 1 is 0.976 bits per heavy atom. The number of carbonyl (C=O) groups is 2. The number of hydrogen-bond acceptors (Lipinski definition) is 4. The molecule has 10 heteroatoms. The molecular weight excluding hydrogens is 568 g/mol. The number of aryl methyl sites for hydroxylation is 1. The number of ether oxygens (including phenoxy) is 2. The van der Waals surface area contributed by atoms with Gasteiger partial charge in [0.15, 0.2) is 11.6 Å². The minimum absolute atomic E-state index is 0.0297. The first kappa shape index (κ1) is 30.3. The number of nitrogens with zero attached hydrogens (tertiary/aromatic N) is 1.